The summed E-state index contributed by atoms with van der Waals surface area (Å²) in [7, 11) is 1.63. The number of pyridine rings is 1. The number of methoxy groups -OCH3 is 1. The Bertz CT molecular complexity index is 805. The smallest absolute Gasteiger partial charge is 0.141 e. The van der Waals surface area contributed by atoms with Crippen molar-refractivity contribution in [3.8, 4) is 17.2 Å². The normalized spacial score (nSPS) is 10.6. The van der Waals surface area contributed by atoms with Crippen molar-refractivity contribution in [2.45, 2.75) is 0 Å². The van der Waals surface area contributed by atoms with Gasteiger partial charge in [0.15, 0.2) is 0 Å². The number of rotatable bonds is 3. The van der Waals surface area contributed by atoms with Gasteiger partial charge in [0, 0.05) is 11.6 Å². The molecule has 0 saturated carbocycles. The molecular weight excluding hydrogens is 332 g/mol. The molecule has 0 unspecified atom stereocenters. The van der Waals surface area contributed by atoms with E-state index in [1.807, 2.05) is 42.5 Å². The van der Waals surface area contributed by atoms with Gasteiger partial charge in [-0.1, -0.05) is 6.07 Å². The summed E-state index contributed by atoms with van der Waals surface area (Å²) in [5.74, 6) is 2.17. The highest BCUT2D eigenvalue weighted by atomic mass is 79.9. The third-order valence-corrected chi connectivity index (χ3v) is 3.74. The fourth-order valence-electron chi connectivity index (χ4n) is 2.07. The second kappa shape index (κ2) is 5.61. The number of nitrogen functional groups attached to an aromatic ring is 1. The van der Waals surface area contributed by atoms with Gasteiger partial charge < -0.3 is 15.2 Å². The zero-order valence-electron chi connectivity index (χ0n) is 11.3. The van der Waals surface area contributed by atoms with Crippen LogP contribution in [0.15, 0.2) is 53.1 Å². The number of hydrogen-bond acceptors (Lipinski definition) is 4. The van der Waals surface area contributed by atoms with Gasteiger partial charge >= 0.3 is 0 Å². The fourth-order valence-corrected chi connectivity index (χ4v) is 2.51. The average Bonchev–Trinajstić information content (AvgIpc) is 2.50. The first-order valence-electron chi connectivity index (χ1n) is 6.33. The minimum atomic E-state index is 0.631. The van der Waals surface area contributed by atoms with Gasteiger partial charge in [0.2, 0.25) is 0 Å². The Morgan fingerprint density at radius 1 is 1.10 bits per heavy atom. The molecule has 5 heteroatoms. The summed E-state index contributed by atoms with van der Waals surface area (Å²) < 4.78 is 12.0. The number of ether oxygens (including phenoxy) is 2. The van der Waals surface area contributed by atoms with E-state index < -0.39 is 0 Å². The average molecular weight is 345 g/mol. The zero-order valence-corrected chi connectivity index (χ0v) is 12.9. The molecule has 0 aliphatic heterocycles. The number of halogens is 1. The first-order valence-corrected chi connectivity index (χ1v) is 7.13. The van der Waals surface area contributed by atoms with Gasteiger partial charge in [-0.15, -0.1) is 0 Å². The Kier molecular flexibility index (Phi) is 3.66. The van der Waals surface area contributed by atoms with E-state index in [9.17, 15) is 0 Å². The van der Waals surface area contributed by atoms with Crippen LogP contribution in [0.5, 0.6) is 17.2 Å². The molecule has 0 fully saturated rings. The van der Waals surface area contributed by atoms with Crippen LogP contribution in [0.25, 0.3) is 10.9 Å². The van der Waals surface area contributed by atoms with Crippen LogP contribution < -0.4 is 15.2 Å². The third-order valence-electron chi connectivity index (χ3n) is 3.12. The van der Waals surface area contributed by atoms with E-state index in [4.69, 9.17) is 15.2 Å². The molecule has 0 aliphatic rings. The summed E-state index contributed by atoms with van der Waals surface area (Å²) in [5, 5.41) is 0.875. The lowest BCUT2D eigenvalue weighted by molar-refractivity contribution is 0.412. The lowest BCUT2D eigenvalue weighted by Gasteiger charge is -2.11. The highest BCUT2D eigenvalue weighted by Gasteiger charge is 2.09. The molecule has 2 N–H and O–H groups in total. The van der Waals surface area contributed by atoms with Crippen molar-refractivity contribution in [2.24, 2.45) is 0 Å². The Labute approximate surface area is 130 Å². The molecule has 1 aromatic heterocycles. The van der Waals surface area contributed by atoms with Crippen LogP contribution in [0.1, 0.15) is 0 Å². The summed E-state index contributed by atoms with van der Waals surface area (Å²) in [6.07, 6.45) is 1.69. The molecule has 4 nitrogen and oxygen atoms in total. The topological polar surface area (TPSA) is 57.4 Å². The van der Waals surface area contributed by atoms with Crippen LogP contribution in [0.3, 0.4) is 0 Å². The van der Waals surface area contributed by atoms with E-state index in [0.29, 0.717) is 17.2 Å². The van der Waals surface area contributed by atoms with Crippen LogP contribution in [-0.2, 0) is 0 Å². The lowest BCUT2D eigenvalue weighted by atomic mass is 10.2. The second-order valence-electron chi connectivity index (χ2n) is 4.45. The van der Waals surface area contributed by atoms with Gasteiger partial charge in [-0.3, -0.25) is 4.98 Å². The number of fused-ring (bicyclic) bond motifs is 1. The van der Waals surface area contributed by atoms with Crippen LogP contribution in [-0.4, -0.2) is 12.1 Å². The Balaban J connectivity index is 2.04. The van der Waals surface area contributed by atoms with Gasteiger partial charge in [-0.2, -0.15) is 0 Å². The maximum atomic E-state index is 5.98. The predicted molar refractivity (Wildman–Crippen MR) is 86.9 cm³/mol. The molecule has 0 bridgehead atoms. The van der Waals surface area contributed by atoms with Gasteiger partial charge in [-0.25, -0.2) is 0 Å². The largest absolute Gasteiger partial charge is 0.497 e. The van der Waals surface area contributed by atoms with Crippen molar-refractivity contribution in [1.29, 1.82) is 0 Å². The van der Waals surface area contributed by atoms with Crippen molar-refractivity contribution in [1.82, 2.24) is 4.98 Å². The molecule has 0 amide bonds. The number of hydrogen-bond donors (Lipinski definition) is 1. The van der Waals surface area contributed by atoms with Crippen LogP contribution in [0, 0.1) is 0 Å². The quantitative estimate of drug-likeness (QED) is 0.716. The molecule has 3 aromatic rings. The maximum Gasteiger partial charge on any atom is 0.141 e. The van der Waals surface area contributed by atoms with Gasteiger partial charge in [0.25, 0.3) is 0 Å². The molecule has 0 saturated heterocycles. The van der Waals surface area contributed by atoms with Crippen molar-refractivity contribution < 1.29 is 9.47 Å². The Hall–Kier alpha value is -2.27. The first kappa shape index (κ1) is 13.7. The zero-order chi connectivity index (χ0) is 14.8. The monoisotopic (exact) mass is 344 g/mol. The van der Waals surface area contributed by atoms with Crippen molar-refractivity contribution in [3.63, 3.8) is 0 Å². The number of anilines is 1. The van der Waals surface area contributed by atoms with E-state index >= 15 is 0 Å². The second-order valence-corrected chi connectivity index (χ2v) is 5.31. The molecule has 0 atom stereocenters. The highest BCUT2D eigenvalue weighted by Crippen LogP contribution is 2.36. The van der Waals surface area contributed by atoms with Gasteiger partial charge in [-0.05, 0) is 52.3 Å². The van der Waals surface area contributed by atoms with Crippen molar-refractivity contribution >= 4 is 32.5 Å². The lowest BCUT2D eigenvalue weighted by Crippen LogP contribution is -1.92. The maximum absolute atomic E-state index is 5.98. The number of nitrogens with two attached hydrogens (primary N) is 1. The standard InChI is InChI=1S/C16H13BrN2O2/c1-20-10-5-6-15(12(17)9-10)21-14-7-8-19-16-11(14)3-2-4-13(16)18/h2-9H,18H2,1H3. The van der Waals surface area contributed by atoms with Crippen molar-refractivity contribution in [3.05, 3.63) is 53.1 Å². The van der Waals surface area contributed by atoms with E-state index in [-0.39, 0.29) is 0 Å². The highest BCUT2D eigenvalue weighted by molar-refractivity contribution is 9.10. The molecule has 0 radical (unpaired) electrons. The number of nitrogens with zero attached hydrogens (tertiary/aromatic N) is 1. The Morgan fingerprint density at radius 2 is 1.95 bits per heavy atom. The third kappa shape index (κ3) is 2.64. The predicted octanol–water partition coefficient (Wildman–Crippen LogP) is 4.38. The van der Waals surface area contributed by atoms with E-state index in [0.717, 1.165) is 21.1 Å². The number of para-hydroxylation sites is 1. The van der Waals surface area contributed by atoms with Crippen molar-refractivity contribution in [2.75, 3.05) is 12.8 Å². The van der Waals surface area contributed by atoms with Gasteiger partial charge in [0.1, 0.15) is 17.2 Å². The molecule has 106 valence electrons. The summed E-state index contributed by atoms with van der Waals surface area (Å²) in [6.45, 7) is 0. The molecule has 0 spiro atoms. The van der Waals surface area contributed by atoms with E-state index in [1.165, 1.54) is 0 Å². The first-order chi connectivity index (χ1) is 10.2. The molecule has 3 rings (SSSR count). The van der Waals surface area contributed by atoms with Crippen LogP contribution in [0.2, 0.25) is 0 Å². The van der Waals surface area contributed by atoms with E-state index in [2.05, 4.69) is 20.9 Å². The molecule has 1 heterocycles. The summed E-state index contributed by atoms with van der Waals surface area (Å²) in [4.78, 5) is 4.30. The number of benzene rings is 2. The van der Waals surface area contributed by atoms with E-state index in [1.54, 1.807) is 13.3 Å². The SMILES string of the molecule is COc1ccc(Oc2ccnc3c(N)cccc23)c(Br)c1. The van der Waals surface area contributed by atoms with Gasteiger partial charge in [0.05, 0.1) is 22.8 Å². The van der Waals surface area contributed by atoms with Crippen LogP contribution in [0.4, 0.5) is 5.69 Å². The molecular formula is C16H13BrN2O2. The summed E-state index contributed by atoms with van der Waals surface area (Å²) >= 11 is 3.48. The molecule has 0 aliphatic carbocycles. The number of aromatic nitrogens is 1. The molecule has 21 heavy (non-hydrogen) atoms. The summed E-state index contributed by atoms with van der Waals surface area (Å²) in [5.41, 5.74) is 7.31. The minimum absolute atomic E-state index is 0.631. The Morgan fingerprint density at radius 3 is 2.71 bits per heavy atom. The molecule has 2 aromatic carbocycles. The van der Waals surface area contributed by atoms with Crippen LogP contribution >= 0.6 is 15.9 Å². The summed E-state index contributed by atoms with van der Waals surface area (Å²) in [6, 6.07) is 13.0. The minimum Gasteiger partial charge on any atom is -0.497 e. The fraction of sp³-hybridized carbons (Fsp3) is 0.0625.